The van der Waals surface area contributed by atoms with E-state index in [0.717, 1.165) is 32.0 Å². The van der Waals surface area contributed by atoms with E-state index >= 15 is 0 Å². The zero-order chi connectivity index (χ0) is 13.2. The summed E-state index contributed by atoms with van der Waals surface area (Å²) in [6.45, 7) is 10.7. The molecule has 3 heteroatoms. The van der Waals surface area contributed by atoms with Crippen molar-refractivity contribution >= 4 is 0 Å². The average Bonchev–Trinajstić information content (AvgIpc) is 2.54. The molecule has 2 saturated heterocycles. The van der Waals surface area contributed by atoms with Crippen molar-refractivity contribution in [3.8, 4) is 0 Å². The summed E-state index contributed by atoms with van der Waals surface area (Å²) in [6, 6.07) is 0.234. The Morgan fingerprint density at radius 3 is 2.56 bits per heavy atom. The molecule has 0 aromatic rings. The molecule has 2 rings (SSSR count). The highest BCUT2D eigenvalue weighted by molar-refractivity contribution is 4.86. The lowest BCUT2D eigenvalue weighted by Gasteiger charge is -2.37. The van der Waals surface area contributed by atoms with Crippen LogP contribution in [0.5, 0.6) is 0 Å². The molecule has 0 aromatic heterocycles. The number of aliphatic hydroxyl groups is 1. The summed E-state index contributed by atoms with van der Waals surface area (Å²) in [5.41, 5.74) is 0.414. The zero-order valence-electron chi connectivity index (χ0n) is 12.2. The number of ether oxygens (including phenoxy) is 1. The van der Waals surface area contributed by atoms with Crippen LogP contribution in [0.25, 0.3) is 0 Å². The lowest BCUT2D eigenvalue weighted by atomic mass is 9.77. The zero-order valence-corrected chi connectivity index (χ0v) is 12.2. The van der Waals surface area contributed by atoms with Gasteiger partial charge in [0.2, 0.25) is 0 Å². The van der Waals surface area contributed by atoms with E-state index in [2.05, 4.69) is 25.7 Å². The molecule has 1 N–H and O–H groups in total. The lowest BCUT2D eigenvalue weighted by Crippen LogP contribution is -2.50. The summed E-state index contributed by atoms with van der Waals surface area (Å²) in [7, 11) is 0. The van der Waals surface area contributed by atoms with E-state index in [1.165, 1.54) is 19.3 Å². The van der Waals surface area contributed by atoms with Gasteiger partial charge in [0, 0.05) is 6.61 Å². The minimum absolute atomic E-state index is 0.190. The third-order valence-corrected chi connectivity index (χ3v) is 4.75. The van der Waals surface area contributed by atoms with Crippen molar-refractivity contribution < 1.29 is 9.84 Å². The fourth-order valence-electron chi connectivity index (χ4n) is 3.38. The number of hydrogen-bond donors (Lipinski definition) is 1. The molecule has 3 unspecified atom stereocenters. The topological polar surface area (TPSA) is 32.7 Å². The molecular formula is C15H29NO2. The van der Waals surface area contributed by atoms with Crippen LogP contribution < -0.4 is 0 Å². The van der Waals surface area contributed by atoms with Gasteiger partial charge in [-0.1, -0.05) is 20.8 Å². The molecule has 3 atom stereocenters. The molecule has 0 aliphatic carbocycles. The second kappa shape index (κ2) is 5.89. The molecule has 0 saturated carbocycles. The first-order valence-electron chi connectivity index (χ1n) is 7.48. The van der Waals surface area contributed by atoms with Gasteiger partial charge in [-0.3, -0.25) is 4.90 Å². The van der Waals surface area contributed by atoms with Crippen LogP contribution in [0.3, 0.4) is 0 Å². The number of rotatable bonds is 1. The van der Waals surface area contributed by atoms with Gasteiger partial charge in [-0.2, -0.15) is 0 Å². The Kier molecular flexibility index (Phi) is 4.68. The van der Waals surface area contributed by atoms with E-state index in [0.29, 0.717) is 12.0 Å². The van der Waals surface area contributed by atoms with Crippen molar-refractivity contribution in [2.24, 2.45) is 11.3 Å². The molecule has 2 aliphatic heterocycles. The second-order valence-electron chi connectivity index (χ2n) is 7.03. The lowest BCUT2D eigenvalue weighted by molar-refractivity contribution is -0.0608. The van der Waals surface area contributed by atoms with Crippen molar-refractivity contribution in [3.05, 3.63) is 0 Å². The maximum atomic E-state index is 10.1. The molecule has 2 fully saturated rings. The summed E-state index contributed by atoms with van der Waals surface area (Å²) in [5, 5.41) is 10.1. The van der Waals surface area contributed by atoms with Crippen LogP contribution in [0.2, 0.25) is 0 Å². The molecule has 0 radical (unpaired) electrons. The van der Waals surface area contributed by atoms with Gasteiger partial charge in [0.25, 0.3) is 0 Å². The summed E-state index contributed by atoms with van der Waals surface area (Å²) in [6.07, 6.45) is 4.44. The van der Waals surface area contributed by atoms with Crippen molar-refractivity contribution in [2.45, 2.75) is 58.6 Å². The van der Waals surface area contributed by atoms with Gasteiger partial charge in [0.15, 0.2) is 0 Å². The highest BCUT2D eigenvalue weighted by Crippen LogP contribution is 2.35. The van der Waals surface area contributed by atoms with Gasteiger partial charge in [0.05, 0.1) is 18.8 Å². The number of aliphatic hydroxyl groups excluding tert-OH is 1. The van der Waals surface area contributed by atoms with Crippen LogP contribution in [0.1, 0.15) is 46.5 Å². The predicted molar refractivity (Wildman–Crippen MR) is 73.6 cm³/mol. The van der Waals surface area contributed by atoms with Crippen LogP contribution in [0.15, 0.2) is 0 Å². The molecule has 2 aliphatic rings. The third kappa shape index (κ3) is 3.46. The Morgan fingerprint density at radius 2 is 1.89 bits per heavy atom. The highest BCUT2D eigenvalue weighted by atomic mass is 16.5. The van der Waals surface area contributed by atoms with Crippen molar-refractivity contribution in [1.29, 1.82) is 0 Å². The minimum atomic E-state index is -0.190. The van der Waals surface area contributed by atoms with E-state index in [-0.39, 0.29) is 12.1 Å². The minimum Gasteiger partial charge on any atom is -0.391 e. The molecule has 18 heavy (non-hydrogen) atoms. The van der Waals surface area contributed by atoms with E-state index in [9.17, 15) is 5.11 Å². The van der Waals surface area contributed by atoms with Gasteiger partial charge in [-0.15, -0.1) is 0 Å². The number of nitrogens with zero attached hydrogens (tertiary/aromatic N) is 1. The average molecular weight is 255 g/mol. The maximum Gasteiger partial charge on any atom is 0.0739 e. The smallest absolute Gasteiger partial charge is 0.0739 e. The Balaban J connectivity index is 1.92. The van der Waals surface area contributed by atoms with E-state index in [1.807, 2.05) is 0 Å². The van der Waals surface area contributed by atoms with E-state index in [4.69, 9.17) is 4.74 Å². The fraction of sp³-hybridized carbons (Fsp3) is 1.00. The third-order valence-electron chi connectivity index (χ3n) is 4.75. The molecule has 0 spiro atoms. The maximum absolute atomic E-state index is 10.1. The number of hydrogen-bond acceptors (Lipinski definition) is 3. The van der Waals surface area contributed by atoms with Crippen LogP contribution in [-0.2, 0) is 4.74 Å². The number of likely N-dealkylation sites (tertiary alicyclic amines) is 1. The monoisotopic (exact) mass is 255 g/mol. The van der Waals surface area contributed by atoms with Gasteiger partial charge < -0.3 is 9.84 Å². The van der Waals surface area contributed by atoms with Crippen LogP contribution in [0.4, 0.5) is 0 Å². The van der Waals surface area contributed by atoms with Gasteiger partial charge >= 0.3 is 0 Å². The molecule has 0 amide bonds. The van der Waals surface area contributed by atoms with Gasteiger partial charge in [0.1, 0.15) is 0 Å². The molecule has 0 bridgehead atoms. The summed E-state index contributed by atoms with van der Waals surface area (Å²) < 4.78 is 5.54. The van der Waals surface area contributed by atoms with Gasteiger partial charge in [-0.05, 0) is 50.1 Å². The van der Waals surface area contributed by atoms with Gasteiger partial charge in [-0.25, -0.2) is 0 Å². The van der Waals surface area contributed by atoms with E-state index < -0.39 is 0 Å². The summed E-state index contributed by atoms with van der Waals surface area (Å²) in [5.74, 6) is 0.809. The van der Waals surface area contributed by atoms with Crippen molar-refractivity contribution in [3.63, 3.8) is 0 Å². The quantitative estimate of drug-likeness (QED) is 0.780. The summed E-state index contributed by atoms with van der Waals surface area (Å²) in [4.78, 5) is 2.47. The van der Waals surface area contributed by atoms with E-state index in [1.54, 1.807) is 0 Å². The van der Waals surface area contributed by atoms with Crippen molar-refractivity contribution in [2.75, 3.05) is 26.3 Å². The normalized spacial score (nSPS) is 36.3. The Bertz CT molecular complexity index is 262. The van der Waals surface area contributed by atoms with Crippen LogP contribution in [-0.4, -0.2) is 48.5 Å². The standard InChI is InChI=1S/C15H29NO2/c1-15(2,3)12-5-4-8-16(9-6-12)13-11-18-10-7-14(13)17/h12-14,17H,4-11H2,1-3H3. The fourth-order valence-corrected chi connectivity index (χ4v) is 3.38. The largest absolute Gasteiger partial charge is 0.391 e. The first-order chi connectivity index (χ1) is 8.48. The van der Waals surface area contributed by atoms with Crippen LogP contribution >= 0.6 is 0 Å². The molecule has 2 heterocycles. The second-order valence-corrected chi connectivity index (χ2v) is 7.03. The van der Waals surface area contributed by atoms with Crippen LogP contribution in [0, 0.1) is 11.3 Å². The molecule has 0 aromatic carbocycles. The first kappa shape index (κ1) is 14.3. The highest BCUT2D eigenvalue weighted by Gasteiger charge is 2.33. The first-order valence-corrected chi connectivity index (χ1v) is 7.48. The predicted octanol–water partition coefficient (Wildman–Crippen LogP) is 2.28. The SMILES string of the molecule is CC(C)(C)C1CCCN(C2COCCC2O)CC1. The Hall–Kier alpha value is -0.120. The molecule has 3 nitrogen and oxygen atoms in total. The Morgan fingerprint density at radius 1 is 1.11 bits per heavy atom. The Labute approximate surface area is 112 Å². The molecule has 106 valence electrons. The molecular weight excluding hydrogens is 226 g/mol. The summed E-state index contributed by atoms with van der Waals surface area (Å²) >= 11 is 0. The van der Waals surface area contributed by atoms with Crippen molar-refractivity contribution in [1.82, 2.24) is 4.90 Å².